The van der Waals surface area contributed by atoms with Crippen molar-refractivity contribution < 1.29 is 14.3 Å². The number of amides is 1. The van der Waals surface area contributed by atoms with Gasteiger partial charge in [0.05, 0.1) is 15.8 Å². The van der Waals surface area contributed by atoms with Crippen molar-refractivity contribution in [2.24, 2.45) is 4.99 Å². The Morgan fingerprint density at radius 1 is 0.755 bits per heavy atom. The maximum Gasteiger partial charge on any atom is 0.344 e. The molecule has 6 nitrogen and oxygen atoms in total. The summed E-state index contributed by atoms with van der Waals surface area (Å²) in [6, 6.07) is 31.4. The number of nitrogens with one attached hydrogen (secondary N) is 1. The molecule has 0 atom stereocenters. The summed E-state index contributed by atoms with van der Waals surface area (Å²) in [4.78, 5) is 37.0. The molecule has 276 valence electrons. The van der Waals surface area contributed by atoms with Crippen LogP contribution in [-0.4, -0.2) is 40.7 Å². The number of carbonyl (C=O) groups excluding carboxylic acids is 2. The molecule has 0 radical (unpaired) electrons. The Bertz CT molecular complexity index is 1930. The molecule has 0 spiro atoms. The van der Waals surface area contributed by atoms with Crippen molar-refractivity contribution in [2.45, 2.75) is 84.0 Å². The second kappa shape index (κ2) is 20.6. The lowest BCUT2D eigenvalue weighted by molar-refractivity contribution is 0.0735. The van der Waals surface area contributed by atoms with E-state index >= 15 is 0 Å². The van der Waals surface area contributed by atoms with Crippen molar-refractivity contribution in [1.29, 1.82) is 0 Å². The Morgan fingerprint density at radius 2 is 1.40 bits per heavy atom. The van der Waals surface area contributed by atoms with E-state index in [9.17, 15) is 9.59 Å². The van der Waals surface area contributed by atoms with E-state index in [1.807, 2.05) is 54.6 Å². The number of aromatic nitrogens is 1. The van der Waals surface area contributed by atoms with Crippen molar-refractivity contribution in [3.63, 3.8) is 0 Å². The molecule has 0 bridgehead atoms. The molecule has 1 amide bonds. The first kappa shape index (κ1) is 38.9. The summed E-state index contributed by atoms with van der Waals surface area (Å²) < 4.78 is 7.01. The van der Waals surface area contributed by atoms with Gasteiger partial charge >= 0.3 is 5.97 Å². The van der Waals surface area contributed by atoms with E-state index in [4.69, 9.17) is 9.72 Å². The second-order valence-corrected chi connectivity index (χ2v) is 17.8. The van der Waals surface area contributed by atoms with Crippen molar-refractivity contribution in [1.82, 2.24) is 10.3 Å². The van der Waals surface area contributed by atoms with E-state index in [-0.39, 0.29) is 5.91 Å². The topological polar surface area (TPSA) is 80.7 Å². The first-order valence-corrected chi connectivity index (χ1v) is 22.4. The summed E-state index contributed by atoms with van der Waals surface area (Å²) in [7, 11) is -1.18. The number of nitrogens with zero attached hydrogens (tertiary/aromatic N) is 2. The highest BCUT2D eigenvalue weighted by Crippen LogP contribution is 2.36. The monoisotopic (exact) mass is 763 g/mol. The summed E-state index contributed by atoms with van der Waals surface area (Å²) in [6.07, 6.45) is 15.3. The van der Waals surface area contributed by atoms with Gasteiger partial charge in [0.15, 0.2) is 0 Å². The molecule has 2 heterocycles. The fourth-order valence-electron chi connectivity index (χ4n) is 6.57. The van der Waals surface area contributed by atoms with Gasteiger partial charge < -0.3 is 10.1 Å². The fourth-order valence-corrected chi connectivity index (χ4v) is 11.0. The smallest absolute Gasteiger partial charge is 0.344 e. The Balaban J connectivity index is 1.15. The van der Waals surface area contributed by atoms with E-state index in [2.05, 4.69) is 41.5 Å². The number of thiazole rings is 1. The lowest BCUT2D eigenvalue weighted by atomic mass is 10.1. The van der Waals surface area contributed by atoms with E-state index < -0.39 is 13.9 Å². The number of aliphatic imine (C=N–C) groups is 1. The van der Waals surface area contributed by atoms with Gasteiger partial charge in [0.1, 0.15) is 15.8 Å². The quantitative estimate of drug-likeness (QED) is 0.0370. The van der Waals surface area contributed by atoms with E-state index in [1.54, 1.807) is 41.3 Å². The molecule has 1 aliphatic rings. The summed E-state index contributed by atoms with van der Waals surface area (Å²) >= 11 is 3.29. The highest BCUT2D eigenvalue weighted by Gasteiger charge is 2.26. The summed E-state index contributed by atoms with van der Waals surface area (Å²) in [5, 5.41) is 7.98. The van der Waals surface area contributed by atoms with Gasteiger partial charge in [-0.1, -0.05) is 138 Å². The molecule has 0 unspecified atom stereocenters. The molecule has 0 saturated heterocycles. The zero-order valence-corrected chi connectivity index (χ0v) is 33.3. The van der Waals surface area contributed by atoms with Crippen LogP contribution >= 0.6 is 31.0 Å². The third-order valence-electron chi connectivity index (χ3n) is 9.40. The molecule has 0 saturated carbocycles. The number of fused-ring (bicyclic) bond motifs is 1. The first-order valence-electron chi connectivity index (χ1n) is 19.2. The van der Waals surface area contributed by atoms with Crippen LogP contribution in [-0.2, 0) is 0 Å². The number of ether oxygens (including phenoxy) is 1. The Hall–Kier alpha value is -3.84. The number of rotatable bonds is 20. The Kier molecular flexibility index (Phi) is 15.1. The highest BCUT2D eigenvalue weighted by atomic mass is 32.2. The average molecular weight is 764 g/mol. The zero-order chi connectivity index (χ0) is 36.7. The molecular formula is C44H50N3O3PS2. The Morgan fingerprint density at radius 3 is 2.02 bits per heavy atom. The number of unbranched alkanes of at least 4 members (excludes halogenated alkanes) is 11. The molecule has 6 rings (SSSR count). The minimum atomic E-state index is -1.18. The Labute approximate surface area is 324 Å². The van der Waals surface area contributed by atoms with Crippen molar-refractivity contribution in [2.75, 3.05) is 18.8 Å². The SMILES string of the molecule is CCCCCCCCCCCCCCNC(=O)c1ccc(C(=O)Oc2ccc3nc(C4=NCCS4)sc3c2)c(P(c2ccccc2)c2ccccc2)c1. The predicted octanol–water partition coefficient (Wildman–Crippen LogP) is 10.2. The molecular weight excluding hydrogens is 714 g/mol. The van der Waals surface area contributed by atoms with Crippen LogP contribution in [0.2, 0.25) is 0 Å². The number of hydrogen-bond acceptors (Lipinski definition) is 7. The van der Waals surface area contributed by atoms with Crippen LogP contribution in [0.4, 0.5) is 0 Å². The lowest BCUT2D eigenvalue weighted by Crippen LogP contribution is -2.30. The number of benzene rings is 4. The molecule has 4 aromatic carbocycles. The minimum absolute atomic E-state index is 0.123. The van der Waals surface area contributed by atoms with Gasteiger partial charge in [-0.05, 0) is 55.3 Å². The van der Waals surface area contributed by atoms with Gasteiger partial charge in [0.25, 0.3) is 5.91 Å². The summed E-state index contributed by atoms with van der Waals surface area (Å²) in [5.74, 6) is 0.854. The normalized spacial score (nSPS) is 12.7. The van der Waals surface area contributed by atoms with Crippen LogP contribution in [0.1, 0.15) is 110 Å². The number of esters is 1. The minimum Gasteiger partial charge on any atom is -0.423 e. The molecule has 0 fully saturated rings. The second-order valence-electron chi connectivity index (χ2n) is 13.5. The highest BCUT2D eigenvalue weighted by molar-refractivity contribution is 8.15. The van der Waals surface area contributed by atoms with Crippen LogP contribution in [0, 0.1) is 0 Å². The number of thioether (sulfide) groups is 1. The summed E-state index contributed by atoms with van der Waals surface area (Å²) in [6.45, 7) is 3.71. The van der Waals surface area contributed by atoms with Gasteiger partial charge in [-0.25, -0.2) is 9.78 Å². The van der Waals surface area contributed by atoms with E-state index in [0.717, 1.165) is 61.3 Å². The molecule has 9 heteroatoms. The number of hydrogen-bond donors (Lipinski definition) is 1. The molecule has 1 aromatic heterocycles. The van der Waals surface area contributed by atoms with Crippen molar-refractivity contribution in [3.8, 4) is 5.75 Å². The fraction of sp³-hybridized carbons (Fsp3) is 0.364. The van der Waals surface area contributed by atoms with Crippen molar-refractivity contribution >= 4 is 74.1 Å². The van der Waals surface area contributed by atoms with E-state index in [1.165, 1.54) is 64.2 Å². The summed E-state index contributed by atoms with van der Waals surface area (Å²) in [5.41, 5.74) is 1.85. The van der Waals surface area contributed by atoms with Crippen molar-refractivity contribution in [3.05, 3.63) is 113 Å². The van der Waals surface area contributed by atoms with Gasteiger partial charge in [0, 0.05) is 35.8 Å². The first-order chi connectivity index (χ1) is 26.1. The predicted molar refractivity (Wildman–Crippen MR) is 227 cm³/mol. The molecule has 1 aliphatic heterocycles. The maximum absolute atomic E-state index is 14.1. The van der Waals surface area contributed by atoms with E-state index in [0.29, 0.717) is 23.4 Å². The van der Waals surface area contributed by atoms with Gasteiger partial charge in [0.2, 0.25) is 0 Å². The molecule has 0 aliphatic carbocycles. The average Bonchev–Trinajstić information content (AvgIpc) is 3.88. The van der Waals surface area contributed by atoms with Crippen LogP contribution in [0.15, 0.2) is 102 Å². The molecule has 53 heavy (non-hydrogen) atoms. The lowest BCUT2D eigenvalue weighted by Gasteiger charge is -2.22. The molecule has 5 aromatic rings. The van der Waals surface area contributed by atoms with Crippen LogP contribution in [0.3, 0.4) is 0 Å². The van der Waals surface area contributed by atoms with Crippen LogP contribution < -0.4 is 26.0 Å². The third kappa shape index (κ3) is 11.1. The van der Waals surface area contributed by atoms with Gasteiger partial charge in [-0.15, -0.1) is 23.1 Å². The standard InChI is InChI=1S/C44H50N3O3PS2/c1-2-3-4-5-6-7-8-9-10-11-12-19-28-45-41(48)33-24-26-37(39(31-33)51(35-20-15-13-16-21-35)36-22-17-14-18-23-36)44(49)50-34-25-27-38-40(32-34)53-43(47-38)42-46-29-30-52-42/h13-18,20-27,31-32H,2-12,19,28-30H2,1H3,(H,45,48). The maximum atomic E-state index is 14.1. The molecule has 1 N–H and O–H groups in total. The van der Waals surface area contributed by atoms with Crippen LogP contribution in [0.5, 0.6) is 5.75 Å². The largest absolute Gasteiger partial charge is 0.423 e. The number of carbonyl (C=O) groups is 2. The zero-order valence-electron chi connectivity index (χ0n) is 30.7. The van der Waals surface area contributed by atoms with Crippen LogP contribution in [0.25, 0.3) is 10.2 Å². The van der Waals surface area contributed by atoms with Gasteiger partial charge in [-0.2, -0.15) is 0 Å². The van der Waals surface area contributed by atoms with Gasteiger partial charge in [-0.3, -0.25) is 9.79 Å². The third-order valence-corrected chi connectivity index (χ3v) is 14.0.